The molecular weight excluding hydrogens is 499 g/mol. The number of nitrogens with zero attached hydrogens (tertiary/aromatic N) is 2. The monoisotopic (exact) mass is 524 g/mol. The van der Waals surface area contributed by atoms with Crippen molar-refractivity contribution in [3.05, 3.63) is 58.4 Å². The average Bonchev–Trinajstić information content (AvgIpc) is 2.83. The molecule has 1 aromatic carbocycles. The average molecular weight is 525 g/mol. The zero-order valence-corrected chi connectivity index (χ0v) is 20.4. The molecule has 1 heterocycles. The standard InChI is InChI=1S/C26H25FN4O7/c1-31(2)19-13-7-11-5-10-6-12(9-3-4-14(27)30-8-9)18(28)21(33)15(10)20(32)16(11)23(35)26(13,38)24(36)17(22(19)34)25(29)37/h3-4,6,8,11,13,19,32-33,36,38H,5,7,28H2,1-2H3,(H2,29,37)/t11?,13?,19-,26-/m0/s1. The number of ketones is 2. The van der Waals surface area contributed by atoms with Gasteiger partial charge in [-0.05, 0) is 56.6 Å². The molecule has 12 heteroatoms. The lowest BCUT2D eigenvalue weighted by Gasteiger charge is -2.50. The van der Waals surface area contributed by atoms with Gasteiger partial charge in [-0.3, -0.25) is 19.3 Å². The van der Waals surface area contributed by atoms with E-state index < -0.39 is 69.7 Å². The van der Waals surface area contributed by atoms with Crippen molar-refractivity contribution >= 4 is 28.9 Å². The van der Waals surface area contributed by atoms with Gasteiger partial charge >= 0.3 is 0 Å². The Hall–Kier alpha value is -4.29. The first-order valence-electron chi connectivity index (χ1n) is 11.7. The maximum absolute atomic E-state index is 13.8. The van der Waals surface area contributed by atoms with Crippen LogP contribution in [0.2, 0.25) is 0 Å². The summed E-state index contributed by atoms with van der Waals surface area (Å²) in [7, 11) is 3.05. The third kappa shape index (κ3) is 3.26. The van der Waals surface area contributed by atoms with Gasteiger partial charge in [-0.2, -0.15) is 4.39 Å². The number of Topliss-reactive ketones (excluding diaryl/α,β-unsaturated/α-hetero) is 2. The van der Waals surface area contributed by atoms with Crippen molar-refractivity contribution in [1.82, 2.24) is 9.88 Å². The minimum Gasteiger partial charge on any atom is -0.508 e. The van der Waals surface area contributed by atoms with Gasteiger partial charge in [0, 0.05) is 28.8 Å². The van der Waals surface area contributed by atoms with Gasteiger partial charge in [0.2, 0.25) is 11.7 Å². The van der Waals surface area contributed by atoms with Crippen LogP contribution in [0.15, 0.2) is 41.3 Å². The number of hydrogen-bond acceptors (Lipinski definition) is 10. The number of rotatable bonds is 3. The Bertz CT molecular complexity index is 1500. The van der Waals surface area contributed by atoms with E-state index in [0.717, 1.165) is 6.07 Å². The molecule has 0 spiro atoms. The zero-order chi connectivity index (χ0) is 27.8. The summed E-state index contributed by atoms with van der Waals surface area (Å²) in [5, 5.41) is 44.6. The number of fused-ring (bicyclic) bond motifs is 3. The summed E-state index contributed by atoms with van der Waals surface area (Å²) in [6.07, 6.45) is 1.30. The topological polar surface area (TPSA) is 200 Å². The number of phenols is 1. The minimum atomic E-state index is -2.72. The second-order valence-electron chi connectivity index (χ2n) is 10.1. The summed E-state index contributed by atoms with van der Waals surface area (Å²) < 4.78 is 13.4. The summed E-state index contributed by atoms with van der Waals surface area (Å²) in [6.45, 7) is 0. The molecular formula is C26H25FN4O7. The lowest BCUT2D eigenvalue weighted by Crippen LogP contribution is -2.65. The highest BCUT2D eigenvalue weighted by Gasteiger charge is 2.64. The third-order valence-electron chi connectivity index (χ3n) is 7.79. The van der Waals surface area contributed by atoms with Gasteiger partial charge in [-0.15, -0.1) is 0 Å². The van der Waals surface area contributed by atoms with Crippen molar-refractivity contribution in [3.63, 3.8) is 0 Å². The summed E-state index contributed by atoms with van der Waals surface area (Å²) >= 11 is 0. The number of amides is 1. The highest BCUT2D eigenvalue weighted by Crippen LogP contribution is 2.53. The molecule has 0 saturated heterocycles. The lowest BCUT2D eigenvalue weighted by atomic mass is 9.57. The van der Waals surface area contributed by atoms with Crippen molar-refractivity contribution in [2.75, 3.05) is 19.8 Å². The van der Waals surface area contributed by atoms with Crippen LogP contribution in [0.5, 0.6) is 5.75 Å². The van der Waals surface area contributed by atoms with E-state index in [-0.39, 0.29) is 29.7 Å². The summed E-state index contributed by atoms with van der Waals surface area (Å²) in [5.41, 5.74) is 8.45. The molecule has 1 fully saturated rings. The molecule has 198 valence electrons. The van der Waals surface area contributed by atoms with Gasteiger partial charge in [-0.1, -0.05) is 0 Å². The number of hydrogen-bond donors (Lipinski definition) is 6. The number of carbonyl (C=O) groups is 3. The fourth-order valence-corrected chi connectivity index (χ4v) is 6.09. The molecule has 8 N–H and O–H groups in total. The first-order valence-corrected chi connectivity index (χ1v) is 11.7. The fourth-order valence-electron chi connectivity index (χ4n) is 6.09. The number of aliphatic hydroxyl groups is 3. The molecule has 38 heavy (non-hydrogen) atoms. The summed E-state index contributed by atoms with van der Waals surface area (Å²) in [4.78, 5) is 44.0. The van der Waals surface area contributed by atoms with E-state index in [1.807, 2.05) is 0 Å². The van der Waals surface area contributed by atoms with E-state index in [0.29, 0.717) is 16.7 Å². The second-order valence-corrected chi connectivity index (χ2v) is 10.1. The van der Waals surface area contributed by atoms with Crippen molar-refractivity contribution in [1.29, 1.82) is 0 Å². The number of aliphatic hydroxyl groups excluding tert-OH is 2. The number of phenolic OH excluding ortho intramolecular Hbond substituents is 1. The number of halogens is 1. The third-order valence-corrected chi connectivity index (χ3v) is 7.79. The van der Waals surface area contributed by atoms with E-state index in [9.17, 15) is 39.2 Å². The number of primary amides is 1. The van der Waals surface area contributed by atoms with Crippen LogP contribution in [0.3, 0.4) is 0 Å². The van der Waals surface area contributed by atoms with E-state index in [1.54, 1.807) is 6.07 Å². The van der Waals surface area contributed by atoms with E-state index >= 15 is 0 Å². The van der Waals surface area contributed by atoms with Crippen molar-refractivity contribution in [3.8, 4) is 16.9 Å². The van der Waals surface area contributed by atoms with Crippen LogP contribution in [-0.2, 0) is 20.8 Å². The number of likely N-dealkylation sites (N-methyl/N-ethyl adjacent to an activating group) is 1. The van der Waals surface area contributed by atoms with Crippen LogP contribution in [-0.4, -0.2) is 73.5 Å². The second kappa shape index (κ2) is 8.36. The predicted molar refractivity (Wildman–Crippen MR) is 132 cm³/mol. The van der Waals surface area contributed by atoms with Crippen LogP contribution in [0.4, 0.5) is 10.1 Å². The Labute approximate surface area is 215 Å². The zero-order valence-electron chi connectivity index (χ0n) is 20.4. The van der Waals surface area contributed by atoms with Gasteiger partial charge in [0.1, 0.15) is 22.8 Å². The van der Waals surface area contributed by atoms with Crippen LogP contribution < -0.4 is 11.5 Å². The Kier molecular flexibility index (Phi) is 5.58. The number of pyridine rings is 1. The number of aromatic hydroxyl groups is 1. The fraction of sp³-hybridized carbons (Fsp3) is 0.308. The van der Waals surface area contributed by atoms with Crippen LogP contribution in [0, 0.1) is 17.8 Å². The van der Waals surface area contributed by atoms with Gasteiger partial charge in [-0.25, -0.2) is 4.98 Å². The maximum atomic E-state index is 13.8. The number of carbonyl (C=O) groups excluding carboxylic acids is 3. The summed E-state index contributed by atoms with van der Waals surface area (Å²) in [6, 6.07) is 2.97. The molecule has 1 amide bonds. The number of nitrogens with two attached hydrogens (primary N) is 2. The number of nitrogen functional groups attached to an aromatic ring is 1. The highest BCUT2D eigenvalue weighted by atomic mass is 19.1. The quantitative estimate of drug-likeness (QED) is 0.144. The molecule has 2 aromatic rings. The molecule has 11 nitrogen and oxygen atoms in total. The number of anilines is 1. The lowest BCUT2D eigenvalue weighted by molar-refractivity contribution is -0.153. The number of benzene rings is 1. The Morgan fingerprint density at radius 2 is 1.89 bits per heavy atom. The summed E-state index contributed by atoms with van der Waals surface area (Å²) in [5.74, 6) is -8.18. The van der Waals surface area contributed by atoms with E-state index in [4.69, 9.17) is 11.5 Å². The first-order chi connectivity index (χ1) is 17.8. The predicted octanol–water partition coefficient (Wildman–Crippen LogP) is 0.747. The largest absolute Gasteiger partial charge is 0.508 e. The maximum Gasteiger partial charge on any atom is 0.255 e. The molecule has 1 aromatic heterocycles. The van der Waals surface area contributed by atoms with Crippen LogP contribution in [0.1, 0.15) is 17.5 Å². The smallest absolute Gasteiger partial charge is 0.255 e. The Morgan fingerprint density at radius 3 is 2.47 bits per heavy atom. The van der Waals surface area contributed by atoms with Gasteiger partial charge < -0.3 is 31.9 Å². The van der Waals surface area contributed by atoms with Crippen molar-refractivity contribution in [2.24, 2.45) is 17.6 Å². The SMILES string of the molecule is CN(C)[C@@H]1C(=O)C(C(N)=O)=C(O)[C@@]2(O)C(=O)C3=C(O)c4c(cc(-c5ccc(F)nc5)c(N)c4O)CC3CC12. The van der Waals surface area contributed by atoms with E-state index in [1.165, 1.54) is 31.3 Å². The minimum absolute atomic E-state index is 0.0374. The highest BCUT2D eigenvalue weighted by molar-refractivity contribution is 6.24. The molecule has 5 rings (SSSR count). The first kappa shape index (κ1) is 25.4. The molecule has 3 aliphatic rings. The van der Waals surface area contributed by atoms with Gasteiger partial charge in [0.05, 0.1) is 17.3 Å². The van der Waals surface area contributed by atoms with E-state index in [2.05, 4.69) is 4.98 Å². The molecule has 0 bridgehead atoms. The molecule has 4 atom stereocenters. The molecule has 1 saturated carbocycles. The Morgan fingerprint density at radius 1 is 1.21 bits per heavy atom. The van der Waals surface area contributed by atoms with Gasteiger partial charge in [0.25, 0.3) is 5.91 Å². The van der Waals surface area contributed by atoms with Crippen LogP contribution >= 0.6 is 0 Å². The molecule has 3 aliphatic carbocycles. The van der Waals surface area contributed by atoms with Gasteiger partial charge in [0.15, 0.2) is 11.4 Å². The molecule has 0 radical (unpaired) electrons. The Balaban J connectivity index is 1.71. The molecule has 2 unspecified atom stereocenters. The number of aromatic nitrogens is 1. The van der Waals surface area contributed by atoms with Crippen LogP contribution in [0.25, 0.3) is 16.9 Å². The van der Waals surface area contributed by atoms with Crippen molar-refractivity contribution < 1.29 is 39.2 Å². The normalized spacial score (nSPS) is 26.8. The van der Waals surface area contributed by atoms with Crippen molar-refractivity contribution in [2.45, 2.75) is 24.5 Å². The molecule has 0 aliphatic heterocycles.